The van der Waals surface area contributed by atoms with Gasteiger partial charge in [-0.25, -0.2) is 18.9 Å². The van der Waals surface area contributed by atoms with E-state index in [9.17, 15) is 22.4 Å². The molecular formula is C19H10ClF4N5O. The first-order valence-electron chi connectivity index (χ1n) is 8.38. The lowest BCUT2D eigenvalue weighted by molar-refractivity contribution is -0.167. The summed E-state index contributed by atoms with van der Waals surface area (Å²) in [6, 6.07) is 10.7. The molecule has 1 amide bonds. The van der Waals surface area contributed by atoms with Gasteiger partial charge in [-0.05, 0) is 35.9 Å². The quantitative estimate of drug-likeness (QED) is 0.372. The molecule has 0 saturated heterocycles. The summed E-state index contributed by atoms with van der Waals surface area (Å²) in [5.41, 5.74) is 1.12. The fourth-order valence-corrected chi connectivity index (χ4v) is 3.03. The van der Waals surface area contributed by atoms with Gasteiger partial charge in [0.2, 0.25) is 5.28 Å². The molecule has 0 aliphatic heterocycles. The first-order valence-corrected chi connectivity index (χ1v) is 8.76. The zero-order valence-corrected chi connectivity index (χ0v) is 15.5. The van der Waals surface area contributed by atoms with E-state index in [2.05, 4.69) is 15.1 Å². The van der Waals surface area contributed by atoms with Crippen LogP contribution in [0.4, 0.5) is 23.2 Å². The Hall–Kier alpha value is -3.53. The Kier molecular flexibility index (Phi) is 4.86. The lowest BCUT2D eigenvalue weighted by Gasteiger charge is -2.09. The van der Waals surface area contributed by atoms with Crippen molar-refractivity contribution in [3.63, 3.8) is 0 Å². The summed E-state index contributed by atoms with van der Waals surface area (Å²) in [4.78, 5) is 18.8. The topological polar surface area (TPSA) is 72.2 Å². The van der Waals surface area contributed by atoms with Gasteiger partial charge in [0.1, 0.15) is 11.4 Å². The standard InChI is InChI=1S/C19H10ClF4N5O/c20-18-25-9-12(21)16(27-18)14-13-6-1-2-7-29(13)28-15(14)10-4-3-5-11(8-10)26-17(30)19(22,23)24/h1-9H,(H,26,30). The molecule has 0 atom stereocenters. The number of amides is 1. The Morgan fingerprint density at radius 2 is 1.90 bits per heavy atom. The number of carbonyl (C=O) groups excluding carboxylic acids is 1. The molecule has 0 fully saturated rings. The molecule has 0 aliphatic rings. The van der Waals surface area contributed by atoms with Crippen molar-refractivity contribution in [3.05, 3.63) is 66.0 Å². The number of nitrogens with one attached hydrogen (secondary N) is 1. The average molecular weight is 436 g/mol. The molecule has 0 saturated carbocycles. The molecule has 3 heterocycles. The van der Waals surface area contributed by atoms with Crippen LogP contribution in [0.25, 0.3) is 28.0 Å². The number of nitrogens with zero attached hydrogens (tertiary/aromatic N) is 4. The van der Waals surface area contributed by atoms with E-state index in [4.69, 9.17) is 11.6 Å². The molecule has 0 bridgehead atoms. The second-order valence-corrected chi connectivity index (χ2v) is 6.46. The van der Waals surface area contributed by atoms with Gasteiger partial charge in [0.15, 0.2) is 5.82 Å². The van der Waals surface area contributed by atoms with Crippen LogP contribution < -0.4 is 5.32 Å². The van der Waals surface area contributed by atoms with Gasteiger partial charge in [-0.2, -0.15) is 18.3 Å². The van der Waals surface area contributed by atoms with Crippen LogP contribution >= 0.6 is 11.6 Å². The highest BCUT2D eigenvalue weighted by atomic mass is 35.5. The lowest BCUT2D eigenvalue weighted by atomic mass is 10.0. The molecule has 1 aromatic carbocycles. The van der Waals surface area contributed by atoms with Crippen molar-refractivity contribution in [2.75, 3.05) is 5.32 Å². The third kappa shape index (κ3) is 3.69. The van der Waals surface area contributed by atoms with Crippen LogP contribution in [0.1, 0.15) is 0 Å². The van der Waals surface area contributed by atoms with Gasteiger partial charge in [-0.1, -0.05) is 18.2 Å². The molecule has 0 unspecified atom stereocenters. The molecule has 4 aromatic rings. The Labute approximate surface area is 171 Å². The number of rotatable bonds is 3. The maximum atomic E-state index is 14.5. The molecular weight excluding hydrogens is 426 g/mol. The molecule has 0 radical (unpaired) electrons. The summed E-state index contributed by atoms with van der Waals surface area (Å²) < 4.78 is 53.7. The summed E-state index contributed by atoms with van der Waals surface area (Å²) in [6.45, 7) is 0. The van der Waals surface area contributed by atoms with Gasteiger partial charge in [0.05, 0.1) is 17.3 Å². The number of benzene rings is 1. The minimum Gasteiger partial charge on any atom is -0.318 e. The Morgan fingerprint density at radius 3 is 2.67 bits per heavy atom. The van der Waals surface area contributed by atoms with E-state index in [1.54, 1.807) is 35.8 Å². The molecule has 3 aromatic heterocycles. The van der Waals surface area contributed by atoms with Crippen LogP contribution in [-0.2, 0) is 4.79 Å². The summed E-state index contributed by atoms with van der Waals surface area (Å²) >= 11 is 5.84. The second-order valence-electron chi connectivity index (χ2n) is 6.12. The number of fused-ring (bicyclic) bond motifs is 1. The van der Waals surface area contributed by atoms with Gasteiger partial charge in [0.25, 0.3) is 0 Å². The van der Waals surface area contributed by atoms with Crippen molar-refractivity contribution >= 4 is 28.7 Å². The largest absolute Gasteiger partial charge is 0.471 e. The van der Waals surface area contributed by atoms with Crippen LogP contribution in [-0.4, -0.2) is 31.7 Å². The van der Waals surface area contributed by atoms with Crippen molar-refractivity contribution in [1.82, 2.24) is 19.6 Å². The van der Waals surface area contributed by atoms with Crippen molar-refractivity contribution in [2.24, 2.45) is 0 Å². The number of hydrogen-bond donors (Lipinski definition) is 1. The fourth-order valence-electron chi connectivity index (χ4n) is 2.90. The number of alkyl halides is 3. The highest BCUT2D eigenvalue weighted by Gasteiger charge is 2.38. The first-order chi connectivity index (χ1) is 14.2. The molecule has 0 spiro atoms. The van der Waals surface area contributed by atoms with E-state index in [1.807, 2.05) is 0 Å². The van der Waals surface area contributed by atoms with E-state index in [0.717, 1.165) is 6.20 Å². The molecule has 6 nitrogen and oxygen atoms in total. The van der Waals surface area contributed by atoms with Crippen LogP contribution in [0, 0.1) is 5.82 Å². The third-order valence-corrected chi connectivity index (χ3v) is 4.32. The zero-order valence-electron chi connectivity index (χ0n) is 14.8. The number of anilines is 1. The summed E-state index contributed by atoms with van der Waals surface area (Å²) in [5, 5.41) is 6.02. The van der Waals surface area contributed by atoms with Crippen LogP contribution in [0.3, 0.4) is 0 Å². The zero-order chi connectivity index (χ0) is 21.5. The summed E-state index contributed by atoms with van der Waals surface area (Å²) in [7, 11) is 0. The normalized spacial score (nSPS) is 11.6. The lowest BCUT2D eigenvalue weighted by Crippen LogP contribution is -2.29. The van der Waals surface area contributed by atoms with Crippen LogP contribution in [0.15, 0.2) is 54.9 Å². The average Bonchev–Trinajstić information content (AvgIpc) is 3.09. The van der Waals surface area contributed by atoms with E-state index in [-0.39, 0.29) is 27.9 Å². The Balaban J connectivity index is 1.89. The molecule has 1 N–H and O–H groups in total. The van der Waals surface area contributed by atoms with Crippen molar-refractivity contribution in [3.8, 4) is 22.5 Å². The van der Waals surface area contributed by atoms with Crippen LogP contribution in [0.2, 0.25) is 5.28 Å². The van der Waals surface area contributed by atoms with E-state index in [1.165, 1.54) is 22.7 Å². The van der Waals surface area contributed by atoms with E-state index < -0.39 is 17.9 Å². The van der Waals surface area contributed by atoms with E-state index in [0.29, 0.717) is 11.1 Å². The Bertz CT molecular complexity index is 1270. The monoisotopic (exact) mass is 435 g/mol. The molecule has 4 rings (SSSR count). The predicted molar refractivity (Wildman–Crippen MR) is 101 cm³/mol. The molecule has 0 aliphatic carbocycles. The third-order valence-electron chi connectivity index (χ3n) is 4.14. The van der Waals surface area contributed by atoms with Gasteiger partial charge >= 0.3 is 12.1 Å². The summed E-state index contributed by atoms with van der Waals surface area (Å²) in [6.07, 6.45) is -2.50. The predicted octanol–water partition coefficient (Wildman–Crippen LogP) is 4.75. The molecule has 11 heteroatoms. The SMILES string of the molecule is O=C(Nc1cccc(-c2nn3ccccc3c2-c2nc(Cl)ncc2F)c1)C(F)(F)F. The van der Waals surface area contributed by atoms with Gasteiger partial charge in [0, 0.05) is 17.4 Å². The van der Waals surface area contributed by atoms with Crippen molar-refractivity contribution in [1.29, 1.82) is 0 Å². The van der Waals surface area contributed by atoms with Gasteiger partial charge in [-0.15, -0.1) is 0 Å². The van der Waals surface area contributed by atoms with Crippen molar-refractivity contribution < 1.29 is 22.4 Å². The summed E-state index contributed by atoms with van der Waals surface area (Å²) in [5.74, 6) is -2.86. The highest BCUT2D eigenvalue weighted by molar-refractivity contribution is 6.28. The maximum absolute atomic E-state index is 14.5. The number of halogens is 5. The minimum atomic E-state index is -5.04. The molecule has 30 heavy (non-hydrogen) atoms. The second kappa shape index (κ2) is 7.38. The number of pyridine rings is 1. The first kappa shape index (κ1) is 19.8. The smallest absolute Gasteiger partial charge is 0.318 e. The number of aromatic nitrogens is 4. The maximum Gasteiger partial charge on any atom is 0.471 e. The number of hydrogen-bond acceptors (Lipinski definition) is 4. The minimum absolute atomic E-state index is 0.0981. The fraction of sp³-hybridized carbons (Fsp3) is 0.0526. The van der Waals surface area contributed by atoms with Gasteiger partial charge < -0.3 is 5.32 Å². The van der Waals surface area contributed by atoms with Crippen molar-refractivity contribution in [2.45, 2.75) is 6.18 Å². The van der Waals surface area contributed by atoms with Crippen LogP contribution in [0.5, 0.6) is 0 Å². The molecule has 152 valence electrons. The van der Waals surface area contributed by atoms with E-state index >= 15 is 0 Å². The number of carbonyl (C=O) groups is 1. The highest BCUT2D eigenvalue weighted by Crippen LogP contribution is 2.36. The Morgan fingerprint density at radius 1 is 1.10 bits per heavy atom. The van der Waals surface area contributed by atoms with Gasteiger partial charge in [-0.3, -0.25) is 4.79 Å².